The Morgan fingerprint density at radius 3 is 2.71 bits per heavy atom. The number of amides is 2. The number of benzene rings is 1. The largest absolute Gasteiger partial charge is 0.456 e. The van der Waals surface area contributed by atoms with Gasteiger partial charge < -0.3 is 19.8 Å². The second kappa shape index (κ2) is 7.86. The minimum atomic E-state index is -0.285. The number of pyridine rings is 1. The van der Waals surface area contributed by atoms with E-state index in [1.54, 1.807) is 53.2 Å². The van der Waals surface area contributed by atoms with Crippen LogP contribution in [0.15, 0.2) is 67.3 Å². The normalized spacial score (nSPS) is 13.0. The molecule has 5 rings (SSSR count). The molecular formula is C22H18N6O3. The highest BCUT2D eigenvalue weighted by Crippen LogP contribution is 2.30. The number of rotatable bonds is 6. The summed E-state index contributed by atoms with van der Waals surface area (Å²) in [6.45, 7) is 0. The molecule has 0 radical (unpaired) electrons. The summed E-state index contributed by atoms with van der Waals surface area (Å²) in [5.41, 5.74) is 1.70. The van der Waals surface area contributed by atoms with E-state index in [9.17, 15) is 9.59 Å². The van der Waals surface area contributed by atoms with E-state index in [-0.39, 0.29) is 17.7 Å². The minimum Gasteiger partial charge on any atom is -0.456 e. The van der Waals surface area contributed by atoms with Crippen molar-refractivity contribution in [3.05, 3.63) is 72.8 Å². The lowest BCUT2D eigenvalue weighted by Crippen LogP contribution is -2.13. The highest BCUT2D eigenvalue weighted by Gasteiger charge is 2.30. The molecule has 1 saturated carbocycles. The summed E-state index contributed by atoms with van der Waals surface area (Å²) >= 11 is 0. The van der Waals surface area contributed by atoms with Crippen molar-refractivity contribution in [2.24, 2.45) is 5.92 Å². The van der Waals surface area contributed by atoms with Crippen molar-refractivity contribution in [2.45, 2.75) is 12.8 Å². The zero-order valence-electron chi connectivity index (χ0n) is 16.4. The molecule has 1 aliphatic carbocycles. The fourth-order valence-electron chi connectivity index (χ4n) is 3.07. The van der Waals surface area contributed by atoms with Crippen molar-refractivity contribution >= 4 is 29.0 Å². The average Bonchev–Trinajstić information content (AvgIpc) is 3.55. The Bertz CT molecular complexity index is 1270. The van der Waals surface area contributed by atoms with E-state index in [0.29, 0.717) is 34.2 Å². The van der Waals surface area contributed by atoms with Gasteiger partial charge in [0.1, 0.15) is 17.1 Å². The van der Waals surface area contributed by atoms with Crippen molar-refractivity contribution in [3.8, 4) is 11.5 Å². The maximum absolute atomic E-state index is 12.3. The van der Waals surface area contributed by atoms with Gasteiger partial charge in [-0.05, 0) is 43.2 Å². The van der Waals surface area contributed by atoms with Crippen LogP contribution in [0.4, 0.5) is 11.5 Å². The van der Waals surface area contributed by atoms with Crippen LogP contribution >= 0.6 is 0 Å². The van der Waals surface area contributed by atoms with Crippen LogP contribution in [0.2, 0.25) is 0 Å². The molecule has 154 valence electrons. The van der Waals surface area contributed by atoms with Gasteiger partial charge in [-0.1, -0.05) is 6.07 Å². The van der Waals surface area contributed by atoms with Crippen LogP contribution < -0.4 is 15.4 Å². The topological polar surface area (TPSA) is 111 Å². The number of imidazole rings is 1. The van der Waals surface area contributed by atoms with Crippen molar-refractivity contribution in [1.29, 1.82) is 0 Å². The maximum Gasteiger partial charge on any atom is 0.257 e. The summed E-state index contributed by atoms with van der Waals surface area (Å²) in [5, 5.41) is 13.0. The van der Waals surface area contributed by atoms with E-state index in [2.05, 4.69) is 25.8 Å². The Kier molecular flexibility index (Phi) is 4.75. The molecule has 31 heavy (non-hydrogen) atoms. The quantitative estimate of drug-likeness (QED) is 0.499. The third-order valence-electron chi connectivity index (χ3n) is 4.80. The third kappa shape index (κ3) is 4.35. The van der Waals surface area contributed by atoms with Gasteiger partial charge in [-0.2, -0.15) is 10.2 Å². The molecular weight excluding hydrogens is 396 g/mol. The molecule has 3 heterocycles. The highest BCUT2D eigenvalue weighted by molar-refractivity contribution is 6.04. The van der Waals surface area contributed by atoms with Gasteiger partial charge in [0, 0.05) is 17.7 Å². The first-order chi connectivity index (χ1) is 15.1. The molecule has 0 aliphatic heterocycles. The summed E-state index contributed by atoms with van der Waals surface area (Å²) in [6, 6.07) is 12.3. The number of ether oxygens (including phenoxy) is 1. The Balaban J connectivity index is 1.29. The fourth-order valence-corrected chi connectivity index (χ4v) is 3.07. The molecule has 0 saturated heterocycles. The number of aromatic nitrogens is 4. The van der Waals surface area contributed by atoms with E-state index >= 15 is 0 Å². The van der Waals surface area contributed by atoms with Gasteiger partial charge in [-0.3, -0.25) is 9.59 Å². The zero-order valence-corrected chi connectivity index (χ0v) is 16.4. The number of nitrogens with zero attached hydrogens (tertiary/aromatic N) is 4. The Labute approximate surface area is 177 Å². The molecule has 0 spiro atoms. The second-order valence-electron chi connectivity index (χ2n) is 7.24. The van der Waals surface area contributed by atoms with Crippen LogP contribution in [0.1, 0.15) is 23.2 Å². The lowest BCUT2D eigenvalue weighted by molar-refractivity contribution is -0.117. The SMILES string of the molecule is O=C(Nc1cccc(Oc2ccc3nc(NC(=O)C4CC4)cn3c2)c1)c1ccnnc1. The van der Waals surface area contributed by atoms with Crippen LogP contribution in [0.5, 0.6) is 11.5 Å². The Hall–Kier alpha value is -4.27. The monoisotopic (exact) mass is 414 g/mol. The number of hydrogen-bond donors (Lipinski definition) is 2. The number of fused-ring (bicyclic) bond motifs is 1. The predicted octanol–water partition coefficient (Wildman–Crippen LogP) is 3.52. The van der Waals surface area contributed by atoms with E-state index in [1.165, 1.54) is 12.4 Å². The van der Waals surface area contributed by atoms with Gasteiger partial charge in [0.25, 0.3) is 5.91 Å². The lowest BCUT2D eigenvalue weighted by Gasteiger charge is -2.09. The molecule has 1 aromatic carbocycles. The van der Waals surface area contributed by atoms with Crippen LogP contribution in [0.25, 0.3) is 5.65 Å². The van der Waals surface area contributed by atoms with Gasteiger partial charge in [0.05, 0.1) is 30.4 Å². The summed E-state index contributed by atoms with van der Waals surface area (Å²) in [4.78, 5) is 28.6. The first-order valence-corrected chi connectivity index (χ1v) is 9.80. The first-order valence-electron chi connectivity index (χ1n) is 9.80. The van der Waals surface area contributed by atoms with Gasteiger partial charge in [0.2, 0.25) is 5.91 Å². The molecule has 1 aliphatic rings. The van der Waals surface area contributed by atoms with Gasteiger partial charge >= 0.3 is 0 Å². The number of carbonyl (C=O) groups is 2. The highest BCUT2D eigenvalue weighted by atomic mass is 16.5. The Morgan fingerprint density at radius 2 is 1.90 bits per heavy atom. The third-order valence-corrected chi connectivity index (χ3v) is 4.80. The van der Waals surface area contributed by atoms with E-state index in [4.69, 9.17) is 4.74 Å². The fraction of sp³-hybridized carbons (Fsp3) is 0.136. The lowest BCUT2D eigenvalue weighted by atomic mass is 10.2. The number of carbonyl (C=O) groups excluding carboxylic acids is 2. The van der Waals surface area contributed by atoms with Gasteiger partial charge in [-0.25, -0.2) is 4.98 Å². The van der Waals surface area contributed by atoms with Gasteiger partial charge in [0.15, 0.2) is 5.82 Å². The molecule has 4 aromatic rings. The first kappa shape index (κ1) is 18.7. The van der Waals surface area contributed by atoms with E-state index in [0.717, 1.165) is 12.8 Å². The van der Waals surface area contributed by atoms with Gasteiger partial charge in [-0.15, -0.1) is 0 Å². The molecule has 3 aromatic heterocycles. The number of nitrogens with one attached hydrogen (secondary N) is 2. The standard InChI is InChI=1S/C22H18N6O3/c29-21(14-4-5-14)27-19-13-28-12-18(6-7-20(28)26-19)31-17-3-1-2-16(10-17)25-22(30)15-8-9-23-24-11-15/h1-3,6-14H,4-5H2,(H,25,30)(H,27,29). The minimum absolute atomic E-state index is 0.0151. The average molecular weight is 414 g/mol. The van der Waals surface area contributed by atoms with Crippen molar-refractivity contribution in [2.75, 3.05) is 10.6 Å². The molecule has 9 nitrogen and oxygen atoms in total. The van der Waals surface area contributed by atoms with Crippen LogP contribution in [0.3, 0.4) is 0 Å². The van der Waals surface area contributed by atoms with Crippen LogP contribution in [-0.2, 0) is 4.79 Å². The van der Waals surface area contributed by atoms with Crippen molar-refractivity contribution in [3.63, 3.8) is 0 Å². The number of anilines is 2. The van der Waals surface area contributed by atoms with Crippen molar-refractivity contribution in [1.82, 2.24) is 19.6 Å². The molecule has 0 unspecified atom stereocenters. The summed E-state index contributed by atoms with van der Waals surface area (Å²) in [6.07, 6.45) is 8.28. The summed E-state index contributed by atoms with van der Waals surface area (Å²) in [5.74, 6) is 1.52. The molecule has 0 atom stereocenters. The molecule has 1 fully saturated rings. The van der Waals surface area contributed by atoms with Crippen molar-refractivity contribution < 1.29 is 14.3 Å². The predicted molar refractivity (Wildman–Crippen MR) is 113 cm³/mol. The summed E-state index contributed by atoms with van der Waals surface area (Å²) in [7, 11) is 0. The molecule has 9 heteroatoms. The Morgan fingerprint density at radius 1 is 1.00 bits per heavy atom. The second-order valence-corrected chi connectivity index (χ2v) is 7.24. The zero-order chi connectivity index (χ0) is 21.2. The van der Waals surface area contributed by atoms with E-state index < -0.39 is 0 Å². The van der Waals surface area contributed by atoms with E-state index in [1.807, 2.05) is 6.07 Å². The van der Waals surface area contributed by atoms with Crippen LogP contribution in [0, 0.1) is 5.92 Å². The van der Waals surface area contributed by atoms with Crippen LogP contribution in [-0.4, -0.2) is 31.4 Å². The molecule has 2 amide bonds. The molecule has 2 N–H and O–H groups in total. The molecule has 0 bridgehead atoms. The number of hydrogen-bond acceptors (Lipinski definition) is 6. The summed E-state index contributed by atoms with van der Waals surface area (Å²) < 4.78 is 7.73. The maximum atomic E-state index is 12.3. The smallest absolute Gasteiger partial charge is 0.257 e.